The SMILES string of the molecule is O=C([O-])[O-].O=C([O-])[O-].O=C([O-])[O-].[Al+3].[Al+3].[Ca+2].[Ca+2].[Cl-].[Cl-].[Cl-].[Na+].[Na+].[OH-].[OH-].[OH-]. The van der Waals surface area contributed by atoms with Gasteiger partial charge in [0.1, 0.15) is 0 Å². The van der Waals surface area contributed by atoms with Gasteiger partial charge in [-0.05, 0) is 18.5 Å². The van der Waals surface area contributed by atoms with Crippen LogP contribution < -0.4 is 127 Å². The summed E-state index contributed by atoms with van der Waals surface area (Å²) in [5.74, 6) is 0. The van der Waals surface area contributed by atoms with Crippen LogP contribution in [0.4, 0.5) is 14.4 Å². The maximum atomic E-state index is 8.33. The first-order valence-corrected chi connectivity index (χ1v) is 1.84. The summed E-state index contributed by atoms with van der Waals surface area (Å²) < 4.78 is 0. The van der Waals surface area contributed by atoms with Gasteiger partial charge in [0.2, 0.25) is 0 Å². The Morgan fingerprint density at radius 3 is 0.458 bits per heavy atom. The van der Waals surface area contributed by atoms with Gasteiger partial charge < -0.3 is 98.7 Å². The van der Waals surface area contributed by atoms with E-state index >= 15 is 0 Å². The van der Waals surface area contributed by atoms with E-state index in [-0.39, 0.29) is 223 Å². The maximum absolute atomic E-state index is 8.33. The fraction of sp³-hybridized carbons (Fsp3) is 0. The van der Waals surface area contributed by atoms with Gasteiger partial charge in [-0.2, -0.15) is 0 Å². The van der Waals surface area contributed by atoms with E-state index in [0.717, 1.165) is 0 Å². The fourth-order valence-electron chi connectivity index (χ4n) is 0. The molecule has 0 aromatic rings. The maximum Gasteiger partial charge on any atom is 3.00 e. The number of rotatable bonds is 0. The minimum atomic E-state index is -2.33. The van der Waals surface area contributed by atoms with Crippen LogP contribution in [0, 0.1) is 0 Å². The zero-order valence-electron chi connectivity index (χ0n) is 12.2. The Kier molecular flexibility index (Phi) is 537. The third kappa shape index (κ3) is 962. The summed E-state index contributed by atoms with van der Waals surface area (Å²) in [7, 11) is 0. The Bertz CT molecular complexity index is 149. The molecule has 3 N–H and O–H groups in total. The average molecular weight is 518 g/mol. The predicted octanol–water partition coefficient (Wildman–Crippen LogP) is -24.4. The third-order valence-corrected chi connectivity index (χ3v) is 0. The van der Waals surface area contributed by atoms with E-state index in [2.05, 4.69) is 0 Å². The molecule has 120 valence electrons. The molecule has 0 radical (unpaired) electrons. The van der Waals surface area contributed by atoms with Crippen LogP contribution in [0.2, 0.25) is 0 Å². The van der Waals surface area contributed by atoms with Gasteiger partial charge in [-0.1, -0.05) is 0 Å². The molecule has 0 aliphatic carbocycles. The molecule has 0 amide bonds. The van der Waals surface area contributed by atoms with Crippen molar-refractivity contribution in [3.8, 4) is 0 Å². The first kappa shape index (κ1) is 120. The molecule has 0 rings (SSSR count). The minimum Gasteiger partial charge on any atom is -1.00 e. The van der Waals surface area contributed by atoms with Crippen molar-refractivity contribution >= 4 is 129 Å². The van der Waals surface area contributed by atoms with E-state index in [1.165, 1.54) is 0 Å². The molecule has 24 heavy (non-hydrogen) atoms. The Hall–Kier alpha value is 4.14. The van der Waals surface area contributed by atoms with Gasteiger partial charge in [-0.25, -0.2) is 0 Å². The average Bonchev–Trinajstić information content (AvgIpc) is 1.54. The zero-order chi connectivity index (χ0) is 10.7. The Morgan fingerprint density at radius 2 is 0.458 bits per heavy atom. The monoisotopic (exact) mass is 516 g/mol. The standard InChI is InChI=1S/3CH2O3.2Al.2Ca.3ClH.2Na.3H2O/c3*2-1(3)4;;;;;;;;;;;;/h3*(H2,2,3,4);;;;;3*1H;;;3*1H2/q;;;2*+3;2*+2;;;;2*+1;;;/p-12. The van der Waals surface area contributed by atoms with Gasteiger partial charge in [-0.15, -0.1) is 0 Å². The second-order valence-corrected chi connectivity index (χ2v) is 0.750. The zero-order valence-corrected chi connectivity index (χ0v) is 25.2. The van der Waals surface area contributed by atoms with Crippen molar-refractivity contribution in [1.82, 2.24) is 0 Å². The van der Waals surface area contributed by atoms with Gasteiger partial charge in [0.25, 0.3) is 0 Å². The van der Waals surface area contributed by atoms with Crippen LogP contribution in [0.5, 0.6) is 0 Å². The van der Waals surface area contributed by atoms with Crippen LogP contribution in [0.3, 0.4) is 0 Å². The van der Waals surface area contributed by atoms with Gasteiger partial charge in [0.05, 0.1) is 0 Å². The molecule has 0 spiro atoms. The topological polar surface area (TPSA) is 280 Å². The van der Waals surface area contributed by atoms with E-state index in [9.17, 15) is 0 Å². The van der Waals surface area contributed by atoms with E-state index in [0.29, 0.717) is 0 Å². The smallest absolute Gasteiger partial charge is 1.00 e. The summed E-state index contributed by atoms with van der Waals surface area (Å²) in [5, 5.41) is 50.0. The Morgan fingerprint density at radius 1 is 0.458 bits per heavy atom. The van der Waals surface area contributed by atoms with Crippen molar-refractivity contribution in [3.05, 3.63) is 0 Å². The number of halogens is 3. The molecule has 0 aliphatic heterocycles. The summed E-state index contributed by atoms with van der Waals surface area (Å²) in [4.78, 5) is 25.0. The first-order chi connectivity index (χ1) is 5.20. The van der Waals surface area contributed by atoms with Crippen LogP contribution in [0.15, 0.2) is 0 Å². The molecule has 0 bridgehead atoms. The van der Waals surface area contributed by atoms with Gasteiger partial charge >= 0.3 is 169 Å². The largest absolute Gasteiger partial charge is 3.00 e. The van der Waals surface area contributed by atoms with Crippen molar-refractivity contribution < 1.29 is 158 Å². The summed E-state index contributed by atoms with van der Waals surface area (Å²) in [6, 6.07) is 0. The summed E-state index contributed by atoms with van der Waals surface area (Å²) in [6.45, 7) is 0. The molecule has 12 nitrogen and oxygen atoms in total. The predicted molar refractivity (Wildman–Crippen MR) is 45.0 cm³/mol. The van der Waals surface area contributed by atoms with Crippen LogP contribution >= 0.6 is 0 Å². The molecular weight excluding hydrogens is 514 g/mol. The molecule has 0 atom stereocenters. The molecule has 0 fully saturated rings. The first-order valence-electron chi connectivity index (χ1n) is 1.84. The van der Waals surface area contributed by atoms with Gasteiger partial charge in [0.15, 0.2) is 0 Å². The van der Waals surface area contributed by atoms with E-state index < -0.39 is 18.5 Å². The third-order valence-electron chi connectivity index (χ3n) is 0. The fourth-order valence-corrected chi connectivity index (χ4v) is 0. The molecule has 0 aromatic heterocycles. The number of hydrogen-bond acceptors (Lipinski definition) is 12. The molecule has 0 aromatic carbocycles. The van der Waals surface area contributed by atoms with Crippen molar-refractivity contribution in [3.63, 3.8) is 0 Å². The van der Waals surface area contributed by atoms with Gasteiger partial charge in [0, 0.05) is 0 Å². The number of carbonyl (C=O) groups is 3. The van der Waals surface area contributed by atoms with Crippen LogP contribution in [0.25, 0.3) is 0 Å². The van der Waals surface area contributed by atoms with E-state index in [1.807, 2.05) is 0 Å². The van der Waals surface area contributed by atoms with Crippen molar-refractivity contribution in [2.24, 2.45) is 0 Å². The van der Waals surface area contributed by atoms with E-state index in [4.69, 9.17) is 45.0 Å². The molecule has 0 saturated heterocycles. The normalized spacial score (nSPS) is 3.00. The van der Waals surface area contributed by atoms with Crippen molar-refractivity contribution in [2.75, 3.05) is 0 Å². The summed E-state index contributed by atoms with van der Waals surface area (Å²) in [5.41, 5.74) is 0. The molecule has 0 unspecified atom stereocenters. The Balaban J connectivity index is -0.00000000312. The van der Waals surface area contributed by atoms with E-state index in [1.54, 1.807) is 0 Å². The number of hydrogen-bond donors (Lipinski definition) is 0. The number of carboxylic acid groups (broad SMARTS) is 6. The van der Waals surface area contributed by atoms with Crippen molar-refractivity contribution in [2.45, 2.75) is 0 Å². The van der Waals surface area contributed by atoms with Crippen LogP contribution in [0.1, 0.15) is 0 Å². The molecular formula is C3H3Al2Ca2Cl3Na2O12. The molecule has 0 saturated carbocycles. The Labute approximate surface area is 280 Å². The van der Waals surface area contributed by atoms with Crippen LogP contribution in [-0.4, -0.2) is 145 Å². The second-order valence-electron chi connectivity index (χ2n) is 0.750. The van der Waals surface area contributed by atoms with Crippen molar-refractivity contribution in [1.29, 1.82) is 0 Å². The minimum absolute atomic E-state index is 0. The second kappa shape index (κ2) is 107. The summed E-state index contributed by atoms with van der Waals surface area (Å²) in [6.07, 6.45) is -7.00. The summed E-state index contributed by atoms with van der Waals surface area (Å²) >= 11 is 0. The quantitative estimate of drug-likeness (QED) is 0.271. The van der Waals surface area contributed by atoms with Gasteiger partial charge in [-0.3, -0.25) is 0 Å². The molecule has 21 heteroatoms. The van der Waals surface area contributed by atoms with Crippen LogP contribution in [-0.2, 0) is 0 Å². The number of carbonyl (C=O) groups excluding carboxylic acids is 3. The molecule has 0 aliphatic rings. The molecule has 0 heterocycles.